The van der Waals surface area contributed by atoms with Crippen LogP contribution >= 0.6 is 35.6 Å². The highest BCUT2D eigenvalue weighted by atomic mass is 127. The predicted molar refractivity (Wildman–Crippen MR) is 132 cm³/mol. The Morgan fingerprint density at radius 3 is 2.66 bits per heavy atom. The molecule has 1 fully saturated rings. The van der Waals surface area contributed by atoms with Gasteiger partial charge in [0, 0.05) is 43.8 Å². The average molecular weight is 533 g/mol. The molecule has 0 aromatic heterocycles. The smallest absolute Gasteiger partial charge is 0.191 e. The minimum atomic E-state index is 0. The fourth-order valence-corrected chi connectivity index (χ4v) is 3.83. The van der Waals surface area contributed by atoms with E-state index in [2.05, 4.69) is 40.7 Å². The Bertz CT molecular complexity index is 657. The van der Waals surface area contributed by atoms with Crippen molar-refractivity contribution in [2.24, 2.45) is 4.99 Å². The molecule has 7 heteroatoms. The molecule has 0 aliphatic carbocycles. The molecule has 0 amide bonds. The number of guanidine groups is 1. The summed E-state index contributed by atoms with van der Waals surface area (Å²) < 4.78 is 5.37. The Kier molecular flexibility index (Phi) is 11.4. The number of ether oxygens (including phenoxy) is 1. The van der Waals surface area contributed by atoms with Crippen molar-refractivity contribution in [1.29, 1.82) is 0 Å². The SMILES string of the molecule is CCNC(=NCCC1=CCOCC1)NC1CCN(Cc2ccc(Cl)cc2)CC1.I. The van der Waals surface area contributed by atoms with Crippen molar-refractivity contribution in [2.75, 3.05) is 39.4 Å². The van der Waals surface area contributed by atoms with Gasteiger partial charge in [0.2, 0.25) is 0 Å². The van der Waals surface area contributed by atoms with Gasteiger partial charge in [-0.1, -0.05) is 35.4 Å². The third-order valence-corrected chi connectivity index (χ3v) is 5.60. The van der Waals surface area contributed by atoms with Gasteiger partial charge in [0.25, 0.3) is 0 Å². The van der Waals surface area contributed by atoms with Crippen molar-refractivity contribution < 1.29 is 4.74 Å². The van der Waals surface area contributed by atoms with E-state index in [0.29, 0.717) is 6.04 Å². The normalized spacial score (nSPS) is 18.7. The van der Waals surface area contributed by atoms with E-state index in [-0.39, 0.29) is 24.0 Å². The molecule has 5 nitrogen and oxygen atoms in total. The zero-order chi connectivity index (χ0) is 19.6. The third kappa shape index (κ3) is 8.82. The summed E-state index contributed by atoms with van der Waals surface area (Å²) in [6, 6.07) is 8.68. The second-order valence-corrected chi connectivity index (χ2v) is 7.96. The number of rotatable bonds is 7. The highest BCUT2D eigenvalue weighted by molar-refractivity contribution is 14.0. The molecule has 162 valence electrons. The molecule has 3 rings (SSSR count). The number of nitrogens with one attached hydrogen (secondary N) is 2. The molecular weight excluding hydrogens is 499 g/mol. The first-order valence-corrected chi connectivity index (χ1v) is 10.9. The maximum Gasteiger partial charge on any atom is 0.191 e. The highest BCUT2D eigenvalue weighted by Gasteiger charge is 2.20. The molecule has 0 bridgehead atoms. The van der Waals surface area contributed by atoms with Crippen LogP contribution in [0.15, 0.2) is 40.9 Å². The standard InChI is InChI=1S/C22H33ClN4O.HI/c1-2-24-22(25-12-7-18-10-15-28-16-11-18)26-21-8-13-27(14-9-21)17-19-3-5-20(23)6-4-19;/h3-6,10,21H,2,7-9,11-17H2,1H3,(H2,24,25,26);1H. The summed E-state index contributed by atoms with van der Waals surface area (Å²) in [5.74, 6) is 0.950. The topological polar surface area (TPSA) is 48.9 Å². The quantitative estimate of drug-likeness (QED) is 0.239. The molecule has 0 unspecified atom stereocenters. The zero-order valence-corrected chi connectivity index (χ0v) is 20.4. The monoisotopic (exact) mass is 532 g/mol. The van der Waals surface area contributed by atoms with Crippen LogP contribution in [0.25, 0.3) is 0 Å². The summed E-state index contributed by atoms with van der Waals surface area (Å²) in [6.45, 7) is 8.64. The average Bonchev–Trinajstić information content (AvgIpc) is 2.72. The Hall–Kier alpha value is -0.830. The summed E-state index contributed by atoms with van der Waals surface area (Å²) in [5.41, 5.74) is 2.80. The van der Waals surface area contributed by atoms with Crippen LogP contribution in [0, 0.1) is 0 Å². The van der Waals surface area contributed by atoms with Gasteiger partial charge in [-0.2, -0.15) is 0 Å². The number of hydrogen-bond donors (Lipinski definition) is 2. The Labute approximate surface area is 197 Å². The van der Waals surface area contributed by atoms with E-state index in [0.717, 1.165) is 82.6 Å². The molecule has 0 spiro atoms. The van der Waals surface area contributed by atoms with E-state index in [4.69, 9.17) is 21.3 Å². The molecule has 0 atom stereocenters. The predicted octanol–water partition coefficient (Wildman–Crippen LogP) is 4.21. The van der Waals surface area contributed by atoms with Crippen LogP contribution < -0.4 is 10.6 Å². The van der Waals surface area contributed by atoms with Gasteiger partial charge in [0.1, 0.15) is 0 Å². The lowest BCUT2D eigenvalue weighted by Gasteiger charge is -2.33. The molecular formula is C22H34ClIN4O. The van der Waals surface area contributed by atoms with Crippen LogP contribution in [-0.4, -0.2) is 56.3 Å². The molecule has 1 aromatic rings. The maximum absolute atomic E-state index is 5.98. The lowest BCUT2D eigenvalue weighted by atomic mass is 10.0. The summed E-state index contributed by atoms with van der Waals surface area (Å²) in [6.07, 6.45) is 6.56. The highest BCUT2D eigenvalue weighted by Crippen LogP contribution is 2.16. The maximum atomic E-state index is 5.98. The fraction of sp³-hybridized carbons (Fsp3) is 0.591. The van der Waals surface area contributed by atoms with Crippen molar-refractivity contribution in [3.63, 3.8) is 0 Å². The van der Waals surface area contributed by atoms with E-state index in [1.807, 2.05) is 12.1 Å². The van der Waals surface area contributed by atoms with Crippen LogP contribution in [-0.2, 0) is 11.3 Å². The molecule has 0 saturated carbocycles. The molecule has 2 aliphatic heterocycles. The summed E-state index contributed by atoms with van der Waals surface area (Å²) in [5, 5.41) is 7.83. The van der Waals surface area contributed by atoms with Crippen LogP contribution in [0.4, 0.5) is 0 Å². The lowest BCUT2D eigenvalue weighted by Crippen LogP contribution is -2.48. The minimum absolute atomic E-state index is 0. The van der Waals surface area contributed by atoms with Crippen molar-refractivity contribution in [3.8, 4) is 0 Å². The van der Waals surface area contributed by atoms with Crippen LogP contribution in [0.5, 0.6) is 0 Å². The van der Waals surface area contributed by atoms with Gasteiger partial charge in [-0.05, 0) is 50.3 Å². The van der Waals surface area contributed by atoms with Crippen molar-refractivity contribution >= 4 is 41.5 Å². The summed E-state index contributed by atoms with van der Waals surface area (Å²) in [7, 11) is 0. The molecule has 2 aliphatic rings. The Balaban J connectivity index is 0.00000300. The first kappa shape index (κ1) is 24.4. The molecule has 1 saturated heterocycles. The Morgan fingerprint density at radius 2 is 2.00 bits per heavy atom. The molecule has 0 radical (unpaired) electrons. The van der Waals surface area contributed by atoms with Gasteiger partial charge in [-0.25, -0.2) is 0 Å². The minimum Gasteiger partial charge on any atom is -0.377 e. The largest absolute Gasteiger partial charge is 0.377 e. The molecule has 1 aromatic carbocycles. The number of aliphatic imine (C=N–C) groups is 1. The Morgan fingerprint density at radius 1 is 1.24 bits per heavy atom. The number of halogens is 2. The van der Waals surface area contributed by atoms with E-state index in [1.165, 1.54) is 11.1 Å². The van der Waals surface area contributed by atoms with E-state index >= 15 is 0 Å². The van der Waals surface area contributed by atoms with Crippen molar-refractivity contribution in [1.82, 2.24) is 15.5 Å². The number of hydrogen-bond acceptors (Lipinski definition) is 3. The van der Waals surface area contributed by atoms with Crippen LogP contribution in [0.1, 0.15) is 38.2 Å². The number of piperidine rings is 1. The van der Waals surface area contributed by atoms with Crippen LogP contribution in [0.2, 0.25) is 5.02 Å². The first-order chi connectivity index (χ1) is 13.7. The number of benzene rings is 1. The summed E-state index contributed by atoms with van der Waals surface area (Å²) >= 11 is 5.98. The molecule has 2 N–H and O–H groups in total. The second-order valence-electron chi connectivity index (χ2n) is 7.52. The van der Waals surface area contributed by atoms with Crippen molar-refractivity contribution in [3.05, 3.63) is 46.5 Å². The molecule has 29 heavy (non-hydrogen) atoms. The van der Waals surface area contributed by atoms with Gasteiger partial charge in [0.15, 0.2) is 5.96 Å². The fourth-order valence-electron chi connectivity index (χ4n) is 3.70. The van der Waals surface area contributed by atoms with Gasteiger partial charge in [-0.3, -0.25) is 9.89 Å². The first-order valence-electron chi connectivity index (χ1n) is 10.5. The second kappa shape index (κ2) is 13.5. The molecule has 2 heterocycles. The van der Waals surface area contributed by atoms with E-state index in [1.54, 1.807) is 0 Å². The van der Waals surface area contributed by atoms with E-state index in [9.17, 15) is 0 Å². The number of likely N-dealkylation sites (tertiary alicyclic amines) is 1. The number of nitrogens with zero attached hydrogens (tertiary/aromatic N) is 2. The van der Waals surface area contributed by atoms with Gasteiger partial charge >= 0.3 is 0 Å². The summed E-state index contributed by atoms with van der Waals surface area (Å²) in [4.78, 5) is 7.30. The zero-order valence-electron chi connectivity index (χ0n) is 17.3. The van der Waals surface area contributed by atoms with Gasteiger partial charge in [0.05, 0.1) is 13.2 Å². The third-order valence-electron chi connectivity index (χ3n) is 5.35. The van der Waals surface area contributed by atoms with Crippen LogP contribution in [0.3, 0.4) is 0 Å². The van der Waals surface area contributed by atoms with Gasteiger partial charge < -0.3 is 15.4 Å². The van der Waals surface area contributed by atoms with Crippen molar-refractivity contribution in [2.45, 2.75) is 45.2 Å². The van der Waals surface area contributed by atoms with E-state index < -0.39 is 0 Å². The van der Waals surface area contributed by atoms with Gasteiger partial charge in [-0.15, -0.1) is 24.0 Å². The lowest BCUT2D eigenvalue weighted by molar-refractivity contribution is 0.153.